The van der Waals surface area contributed by atoms with E-state index in [0.717, 1.165) is 5.56 Å². The minimum absolute atomic E-state index is 0.288. The molecule has 0 bridgehead atoms. The van der Waals surface area contributed by atoms with Gasteiger partial charge >= 0.3 is 0 Å². The summed E-state index contributed by atoms with van der Waals surface area (Å²) in [7, 11) is 1.49. The Hall–Kier alpha value is -2.77. The van der Waals surface area contributed by atoms with Gasteiger partial charge in [0.2, 0.25) is 5.72 Å². The van der Waals surface area contributed by atoms with Crippen molar-refractivity contribution in [2.45, 2.75) is 31.6 Å². The van der Waals surface area contributed by atoms with Crippen LogP contribution in [0.4, 0.5) is 0 Å². The third-order valence-electron chi connectivity index (χ3n) is 4.54. The van der Waals surface area contributed by atoms with Gasteiger partial charge in [0.25, 0.3) is 11.8 Å². The van der Waals surface area contributed by atoms with Gasteiger partial charge in [-0.15, -0.1) is 5.10 Å². The number of pyridine rings is 1. The predicted octanol–water partition coefficient (Wildman–Crippen LogP) is 2.23. The van der Waals surface area contributed by atoms with Gasteiger partial charge in [-0.2, -0.15) is 5.01 Å². The maximum Gasteiger partial charge on any atom is 0.275 e. The van der Waals surface area contributed by atoms with Crippen molar-refractivity contribution in [2.75, 3.05) is 13.7 Å². The first-order valence-electron chi connectivity index (χ1n) is 8.94. The van der Waals surface area contributed by atoms with Crippen LogP contribution in [0.15, 0.2) is 59.8 Å². The molecule has 2 N–H and O–H groups in total. The molecule has 0 fully saturated rings. The molecule has 1 amide bonds. The Morgan fingerprint density at radius 2 is 2.00 bits per heavy atom. The number of hydrogen-bond acceptors (Lipinski definition) is 6. The fourth-order valence-corrected chi connectivity index (χ4v) is 3.01. The van der Waals surface area contributed by atoms with Crippen LogP contribution in [0.3, 0.4) is 0 Å². The first-order chi connectivity index (χ1) is 13.1. The lowest BCUT2D eigenvalue weighted by Gasteiger charge is -2.36. The molecule has 142 valence electrons. The van der Waals surface area contributed by atoms with Gasteiger partial charge in [-0.25, -0.2) is 0 Å². The number of carbonyl (C=O) groups is 1. The highest BCUT2D eigenvalue weighted by atomic mass is 16.6. The molecule has 1 aromatic carbocycles. The maximum absolute atomic E-state index is 13.1. The third kappa shape index (κ3) is 3.70. The molecule has 7 heteroatoms. The lowest BCUT2D eigenvalue weighted by atomic mass is 9.96. The van der Waals surface area contributed by atoms with Crippen molar-refractivity contribution >= 4 is 11.8 Å². The van der Waals surface area contributed by atoms with Gasteiger partial charge in [-0.1, -0.05) is 36.4 Å². The average Bonchev–Trinajstić information content (AvgIpc) is 3.13. The zero-order chi connectivity index (χ0) is 19.3. The maximum atomic E-state index is 13.1. The summed E-state index contributed by atoms with van der Waals surface area (Å²) < 4.78 is 11.6. The van der Waals surface area contributed by atoms with Gasteiger partial charge in [0.1, 0.15) is 11.8 Å². The molecular weight excluding hydrogens is 344 g/mol. The van der Waals surface area contributed by atoms with Crippen LogP contribution in [0.25, 0.3) is 0 Å². The number of nitrogens with two attached hydrogens (primary N) is 1. The second-order valence-corrected chi connectivity index (χ2v) is 6.29. The van der Waals surface area contributed by atoms with E-state index in [1.165, 1.54) is 12.1 Å². The highest BCUT2D eigenvalue weighted by molar-refractivity contribution is 5.95. The van der Waals surface area contributed by atoms with E-state index in [1.54, 1.807) is 19.2 Å². The molecule has 7 nitrogen and oxygen atoms in total. The molecule has 0 spiro atoms. The summed E-state index contributed by atoms with van der Waals surface area (Å²) in [5.41, 5.74) is 6.06. The topological polar surface area (TPSA) is 90.0 Å². The first-order valence-corrected chi connectivity index (χ1v) is 8.94. The molecule has 0 aliphatic carbocycles. The van der Waals surface area contributed by atoms with E-state index >= 15 is 0 Å². The molecule has 0 saturated heterocycles. The van der Waals surface area contributed by atoms with Crippen molar-refractivity contribution in [3.8, 4) is 0 Å². The number of amides is 1. The minimum Gasteiger partial charge on any atom is -0.442 e. The first kappa shape index (κ1) is 19.0. The fraction of sp³-hybridized carbons (Fsp3) is 0.350. The number of benzene rings is 1. The SMILES string of the molecule is CO[C@@H](C)C(=O)N1N=C(c2ccccn2)OC1(CCCN)c1ccccc1. The van der Waals surface area contributed by atoms with Gasteiger partial charge in [0.15, 0.2) is 0 Å². The molecule has 2 aromatic rings. The lowest BCUT2D eigenvalue weighted by molar-refractivity contribution is -0.162. The Morgan fingerprint density at radius 3 is 2.63 bits per heavy atom. The number of carbonyl (C=O) groups excluding carboxylic acids is 1. The number of hydrazone groups is 1. The van der Waals surface area contributed by atoms with E-state index < -0.39 is 11.8 Å². The summed E-state index contributed by atoms with van der Waals surface area (Å²) in [6, 6.07) is 15.0. The van der Waals surface area contributed by atoms with Crippen LogP contribution in [0, 0.1) is 0 Å². The molecule has 3 rings (SSSR count). The van der Waals surface area contributed by atoms with Crippen LogP contribution in [-0.2, 0) is 20.0 Å². The Kier molecular flexibility index (Phi) is 5.83. The van der Waals surface area contributed by atoms with Crippen molar-refractivity contribution < 1.29 is 14.3 Å². The van der Waals surface area contributed by atoms with Crippen LogP contribution >= 0.6 is 0 Å². The number of rotatable bonds is 7. The van der Waals surface area contributed by atoms with Crippen LogP contribution in [0.1, 0.15) is 31.0 Å². The van der Waals surface area contributed by atoms with E-state index in [9.17, 15) is 4.79 Å². The van der Waals surface area contributed by atoms with Crippen LogP contribution in [0.2, 0.25) is 0 Å². The zero-order valence-electron chi connectivity index (χ0n) is 15.5. The average molecular weight is 368 g/mol. The van der Waals surface area contributed by atoms with Crippen molar-refractivity contribution in [3.05, 3.63) is 66.0 Å². The third-order valence-corrected chi connectivity index (χ3v) is 4.54. The number of methoxy groups -OCH3 is 1. The quantitative estimate of drug-likeness (QED) is 0.809. The fourth-order valence-electron chi connectivity index (χ4n) is 3.01. The Balaban J connectivity index is 2.10. The van der Waals surface area contributed by atoms with Crippen molar-refractivity contribution in [1.82, 2.24) is 9.99 Å². The number of hydrogen-bond donors (Lipinski definition) is 1. The van der Waals surface area contributed by atoms with Crippen molar-refractivity contribution in [1.29, 1.82) is 0 Å². The molecular formula is C20H24N4O3. The smallest absolute Gasteiger partial charge is 0.275 e. The summed E-state index contributed by atoms with van der Waals surface area (Å²) >= 11 is 0. The van der Waals surface area contributed by atoms with Crippen LogP contribution in [-0.4, -0.2) is 41.6 Å². The summed E-state index contributed by atoms with van der Waals surface area (Å²) in [6.45, 7) is 2.16. The molecule has 0 radical (unpaired) electrons. The van der Waals surface area contributed by atoms with Crippen molar-refractivity contribution in [3.63, 3.8) is 0 Å². The van der Waals surface area contributed by atoms with E-state index in [1.807, 2.05) is 42.5 Å². The summed E-state index contributed by atoms with van der Waals surface area (Å²) in [5.74, 6) is 0.0115. The van der Waals surface area contributed by atoms with Crippen LogP contribution < -0.4 is 5.73 Å². The molecule has 1 aliphatic heterocycles. The Labute approximate surface area is 158 Å². The molecule has 0 saturated carbocycles. The highest BCUT2D eigenvalue weighted by Crippen LogP contribution is 2.40. The Bertz CT molecular complexity index is 797. The van der Waals surface area contributed by atoms with E-state index in [-0.39, 0.29) is 5.91 Å². The van der Waals surface area contributed by atoms with Gasteiger partial charge in [0.05, 0.1) is 0 Å². The molecule has 1 aliphatic rings. The number of aromatic nitrogens is 1. The van der Waals surface area contributed by atoms with Gasteiger partial charge < -0.3 is 15.2 Å². The van der Waals surface area contributed by atoms with E-state index in [0.29, 0.717) is 31.0 Å². The molecule has 2 heterocycles. The number of nitrogens with zero attached hydrogens (tertiary/aromatic N) is 3. The predicted molar refractivity (Wildman–Crippen MR) is 102 cm³/mol. The normalized spacial score (nSPS) is 20.1. The number of ether oxygens (including phenoxy) is 2. The van der Waals surface area contributed by atoms with Gasteiger partial charge in [-0.05, 0) is 32.0 Å². The van der Waals surface area contributed by atoms with Crippen LogP contribution in [0.5, 0.6) is 0 Å². The monoisotopic (exact) mass is 368 g/mol. The molecule has 1 unspecified atom stereocenters. The summed E-state index contributed by atoms with van der Waals surface area (Å²) in [6.07, 6.45) is 2.15. The van der Waals surface area contributed by atoms with Gasteiger partial charge in [0, 0.05) is 25.3 Å². The second kappa shape index (κ2) is 8.28. The molecule has 27 heavy (non-hydrogen) atoms. The van der Waals surface area contributed by atoms with E-state index in [4.69, 9.17) is 15.2 Å². The minimum atomic E-state index is -1.09. The zero-order valence-corrected chi connectivity index (χ0v) is 15.5. The van der Waals surface area contributed by atoms with Crippen molar-refractivity contribution in [2.24, 2.45) is 10.8 Å². The summed E-state index contributed by atoms with van der Waals surface area (Å²) in [5, 5.41) is 5.89. The highest BCUT2D eigenvalue weighted by Gasteiger charge is 2.50. The largest absolute Gasteiger partial charge is 0.442 e. The second-order valence-electron chi connectivity index (χ2n) is 6.29. The molecule has 2 atom stereocenters. The summed E-state index contributed by atoms with van der Waals surface area (Å²) in [4.78, 5) is 17.4. The standard InChI is InChI=1S/C20H24N4O3/c1-15(26-2)19(25)24-20(12-8-13-21,16-9-4-3-5-10-16)27-18(23-24)17-11-6-7-14-22-17/h3-7,9-11,14-15H,8,12-13,21H2,1-2H3/t15-,20?/m0/s1. The molecule has 1 aromatic heterocycles. The van der Waals surface area contributed by atoms with Gasteiger partial charge in [-0.3, -0.25) is 9.78 Å². The Morgan fingerprint density at radius 1 is 1.26 bits per heavy atom. The lowest BCUT2D eigenvalue weighted by Crippen LogP contribution is -2.48. The van der Waals surface area contributed by atoms with E-state index in [2.05, 4.69) is 10.1 Å².